The van der Waals surface area contributed by atoms with E-state index in [1.807, 2.05) is 68.6 Å². The molecule has 29 heavy (non-hydrogen) atoms. The first kappa shape index (κ1) is 18.3. The van der Waals surface area contributed by atoms with E-state index in [2.05, 4.69) is 26.6 Å². The molecule has 2 heterocycles. The van der Waals surface area contributed by atoms with Crippen LogP contribution in [0.2, 0.25) is 0 Å². The van der Waals surface area contributed by atoms with Crippen molar-refractivity contribution >= 4 is 58.8 Å². The average Bonchev–Trinajstić information content (AvgIpc) is 3.04. The summed E-state index contributed by atoms with van der Waals surface area (Å²) in [6.07, 6.45) is 0. The van der Waals surface area contributed by atoms with Gasteiger partial charge in [-0.1, -0.05) is 45.8 Å². The minimum absolute atomic E-state index is 0.282. The van der Waals surface area contributed by atoms with E-state index in [1.165, 1.54) is 3.97 Å². The fourth-order valence-electron chi connectivity index (χ4n) is 3.97. The van der Waals surface area contributed by atoms with E-state index in [9.17, 15) is 8.42 Å². The zero-order valence-electron chi connectivity index (χ0n) is 15.9. The molecule has 6 heteroatoms. The average molecular weight is 466 g/mol. The highest BCUT2D eigenvalue weighted by molar-refractivity contribution is 9.10. The Labute approximate surface area is 177 Å². The Morgan fingerprint density at radius 2 is 1.62 bits per heavy atom. The van der Waals surface area contributed by atoms with Gasteiger partial charge in [-0.25, -0.2) is 12.4 Å². The van der Waals surface area contributed by atoms with Crippen LogP contribution in [0.15, 0.2) is 82.2 Å². The van der Waals surface area contributed by atoms with Crippen LogP contribution in [0.5, 0.6) is 0 Å². The number of hydrogen-bond donors (Lipinski definition) is 0. The second-order valence-corrected chi connectivity index (χ2v) is 9.94. The van der Waals surface area contributed by atoms with Gasteiger partial charge in [0.25, 0.3) is 10.0 Å². The van der Waals surface area contributed by atoms with Crippen LogP contribution in [-0.2, 0) is 17.1 Å². The summed E-state index contributed by atoms with van der Waals surface area (Å²) in [5.74, 6) is 0. The van der Waals surface area contributed by atoms with Crippen LogP contribution in [0.4, 0.5) is 0 Å². The van der Waals surface area contributed by atoms with Crippen LogP contribution in [0.1, 0.15) is 5.56 Å². The minimum Gasteiger partial charge on any atom is -0.227 e. The van der Waals surface area contributed by atoms with E-state index in [0.717, 1.165) is 31.8 Å². The number of para-hydroxylation sites is 1. The van der Waals surface area contributed by atoms with Crippen LogP contribution in [-0.4, -0.2) is 12.4 Å². The number of halogens is 1. The van der Waals surface area contributed by atoms with Crippen molar-refractivity contribution in [3.8, 4) is 0 Å². The molecule has 5 rings (SSSR count). The molecular weight excluding hydrogens is 448 g/mol. The number of nitrogens with zero attached hydrogens (tertiary/aromatic N) is 2. The number of benzene rings is 3. The van der Waals surface area contributed by atoms with E-state index in [-0.39, 0.29) is 4.90 Å². The third-order valence-electron chi connectivity index (χ3n) is 5.38. The Morgan fingerprint density at radius 1 is 0.897 bits per heavy atom. The van der Waals surface area contributed by atoms with E-state index < -0.39 is 10.0 Å². The molecule has 0 amide bonds. The van der Waals surface area contributed by atoms with Crippen LogP contribution < -0.4 is 4.57 Å². The SMILES string of the molecule is Cc1ccc(S(=O)(=O)n2c3ccccc3c3c2cc2ccc(Br)cc2[n+]3C)cc1. The van der Waals surface area contributed by atoms with Gasteiger partial charge in [-0.05, 0) is 49.4 Å². The van der Waals surface area contributed by atoms with Crippen molar-refractivity contribution in [1.29, 1.82) is 0 Å². The summed E-state index contributed by atoms with van der Waals surface area (Å²) in [7, 11) is -1.79. The van der Waals surface area contributed by atoms with Crippen molar-refractivity contribution in [2.75, 3.05) is 0 Å². The van der Waals surface area contributed by atoms with Crippen LogP contribution in [0.25, 0.3) is 32.8 Å². The van der Waals surface area contributed by atoms with Crippen LogP contribution >= 0.6 is 15.9 Å². The lowest BCUT2D eigenvalue weighted by molar-refractivity contribution is -0.616. The van der Waals surface area contributed by atoms with Gasteiger partial charge < -0.3 is 0 Å². The first-order valence-electron chi connectivity index (χ1n) is 9.21. The first-order chi connectivity index (χ1) is 13.9. The molecule has 0 spiro atoms. The highest BCUT2D eigenvalue weighted by Crippen LogP contribution is 2.33. The highest BCUT2D eigenvalue weighted by atomic mass is 79.9. The molecule has 2 aromatic heterocycles. The van der Waals surface area contributed by atoms with Crippen molar-refractivity contribution in [3.05, 3.63) is 82.8 Å². The van der Waals surface area contributed by atoms with Gasteiger partial charge in [-0.2, -0.15) is 4.57 Å². The van der Waals surface area contributed by atoms with Crippen molar-refractivity contribution in [3.63, 3.8) is 0 Å². The molecule has 144 valence electrons. The molecule has 4 nitrogen and oxygen atoms in total. The lowest BCUT2D eigenvalue weighted by Gasteiger charge is -2.09. The quantitative estimate of drug-likeness (QED) is 0.341. The Morgan fingerprint density at radius 3 is 2.38 bits per heavy atom. The molecule has 0 N–H and O–H groups in total. The molecule has 0 saturated carbocycles. The number of hydrogen-bond acceptors (Lipinski definition) is 2. The Balaban J connectivity index is 1.98. The fraction of sp³-hybridized carbons (Fsp3) is 0.0870. The summed E-state index contributed by atoms with van der Waals surface area (Å²) in [6.45, 7) is 1.95. The van der Waals surface area contributed by atoms with Crippen molar-refractivity contribution in [2.45, 2.75) is 11.8 Å². The number of fused-ring (bicyclic) bond motifs is 4. The summed E-state index contributed by atoms with van der Waals surface area (Å²) >= 11 is 3.54. The Bertz CT molecular complexity index is 1540. The van der Waals surface area contributed by atoms with E-state index in [1.54, 1.807) is 12.1 Å². The molecule has 5 aromatic rings. The molecular formula is C23H18BrN2O2S+. The lowest BCUT2D eigenvalue weighted by Crippen LogP contribution is -2.30. The van der Waals surface area contributed by atoms with Crippen molar-refractivity contribution < 1.29 is 13.0 Å². The van der Waals surface area contributed by atoms with Gasteiger partial charge in [0, 0.05) is 15.9 Å². The second-order valence-electron chi connectivity index (χ2n) is 7.24. The summed E-state index contributed by atoms with van der Waals surface area (Å²) in [5.41, 5.74) is 4.29. The standard InChI is InChI=1S/C23H18BrN2O2S/c1-15-7-11-18(12-8-15)29(27,28)26-20-6-4-3-5-19(20)23-22(26)13-16-9-10-17(24)14-21(16)25(23)2/h3-14H,1-2H3/q+1. The molecule has 0 aliphatic rings. The lowest BCUT2D eigenvalue weighted by atomic mass is 10.1. The van der Waals surface area contributed by atoms with E-state index in [0.29, 0.717) is 11.0 Å². The number of aromatic nitrogens is 2. The summed E-state index contributed by atoms with van der Waals surface area (Å²) in [6, 6.07) is 22.6. The molecule has 0 bridgehead atoms. The zero-order chi connectivity index (χ0) is 20.3. The molecule has 0 atom stereocenters. The Hall–Kier alpha value is -2.70. The largest absolute Gasteiger partial charge is 0.268 e. The summed E-state index contributed by atoms with van der Waals surface area (Å²) in [4.78, 5) is 0.282. The number of rotatable bonds is 2. The van der Waals surface area contributed by atoms with Crippen molar-refractivity contribution in [1.82, 2.24) is 3.97 Å². The van der Waals surface area contributed by atoms with Crippen LogP contribution in [0.3, 0.4) is 0 Å². The molecule has 0 saturated heterocycles. The van der Waals surface area contributed by atoms with Gasteiger partial charge in [-0.15, -0.1) is 0 Å². The van der Waals surface area contributed by atoms with Gasteiger partial charge in [-0.3, -0.25) is 0 Å². The molecule has 0 fully saturated rings. The summed E-state index contributed by atoms with van der Waals surface area (Å²) in [5, 5.41) is 1.88. The molecule has 0 radical (unpaired) electrons. The maximum Gasteiger partial charge on any atom is 0.268 e. The fourth-order valence-corrected chi connectivity index (χ4v) is 5.82. The van der Waals surface area contributed by atoms with Gasteiger partial charge in [0.1, 0.15) is 12.6 Å². The third-order valence-corrected chi connectivity index (χ3v) is 7.62. The molecule has 0 aliphatic heterocycles. The third kappa shape index (κ3) is 2.70. The minimum atomic E-state index is -3.77. The predicted octanol–water partition coefficient (Wildman–Crippen LogP) is 5.08. The normalized spacial score (nSPS) is 12.2. The summed E-state index contributed by atoms with van der Waals surface area (Å²) < 4.78 is 31.9. The van der Waals surface area contributed by atoms with E-state index >= 15 is 0 Å². The maximum atomic E-state index is 13.7. The van der Waals surface area contributed by atoms with Gasteiger partial charge in [0.05, 0.1) is 15.8 Å². The molecule has 3 aromatic carbocycles. The van der Waals surface area contributed by atoms with Gasteiger partial charge >= 0.3 is 0 Å². The highest BCUT2D eigenvalue weighted by Gasteiger charge is 2.28. The molecule has 0 aliphatic carbocycles. The first-order valence-corrected chi connectivity index (χ1v) is 11.4. The topological polar surface area (TPSA) is 43.0 Å². The maximum absolute atomic E-state index is 13.7. The number of pyridine rings is 1. The van der Waals surface area contributed by atoms with Crippen molar-refractivity contribution in [2.24, 2.45) is 7.05 Å². The van der Waals surface area contributed by atoms with Gasteiger partial charge in [0.15, 0.2) is 0 Å². The second kappa shape index (κ2) is 6.40. The number of aryl methyl sites for hydroxylation is 2. The predicted molar refractivity (Wildman–Crippen MR) is 120 cm³/mol. The van der Waals surface area contributed by atoms with E-state index in [4.69, 9.17) is 0 Å². The Kier molecular flexibility index (Phi) is 4.05. The van der Waals surface area contributed by atoms with Gasteiger partial charge in [0.2, 0.25) is 11.0 Å². The van der Waals surface area contributed by atoms with Crippen LogP contribution in [0, 0.1) is 6.92 Å². The smallest absolute Gasteiger partial charge is 0.227 e. The zero-order valence-corrected chi connectivity index (χ0v) is 18.3. The monoisotopic (exact) mass is 465 g/mol. The molecule has 0 unspecified atom stereocenters.